The number of anilines is 1. The van der Waals surface area contributed by atoms with Crippen LogP contribution >= 0.6 is 11.6 Å². The molecule has 1 aliphatic rings. The molecule has 4 heterocycles. The largest absolute Gasteiger partial charge is 0.372 e. The number of rotatable bonds is 6. The molecule has 0 radical (unpaired) electrons. The van der Waals surface area contributed by atoms with Gasteiger partial charge in [0.05, 0.1) is 51.3 Å². The maximum atomic E-state index is 12.7. The van der Waals surface area contributed by atoms with Crippen molar-refractivity contribution < 1.29 is 17.9 Å². The molecule has 0 saturated carbocycles. The predicted octanol–water partition coefficient (Wildman–Crippen LogP) is 4.29. The fourth-order valence-corrected chi connectivity index (χ4v) is 5.91. The number of carbonyl (C=O) groups is 1. The third-order valence-electron chi connectivity index (χ3n) is 6.39. The Hall–Kier alpha value is -3.60. The maximum absolute atomic E-state index is 12.7. The summed E-state index contributed by atoms with van der Waals surface area (Å²) in [6.45, 7) is 5.82. The summed E-state index contributed by atoms with van der Waals surface area (Å²) >= 11 is 5.99. The van der Waals surface area contributed by atoms with Crippen molar-refractivity contribution >= 4 is 44.1 Å². The number of pyridine rings is 3. The fourth-order valence-electron chi connectivity index (χ4n) is 4.61. The van der Waals surface area contributed by atoms with E-state index >= 15 is 0 Å². The second kappa shape index (κ2) is 10.9. The molecule has 3 aromatic heterocycles. The Kier molecular flexibility index (Phi) is 7.53. The highest BCUT2D eigenvalue weighted by Crippen LogP contribution is 2.25. The number of benzene rings is 1. The van der Waals surface area contributed by atoms with Crippen LogP contribution in [0.4, 0.5) is 5.82 Å². The van der Waals surface area contributed by atoms with Gasteiger partial charge < -0.3 is 15.0 Å². The zero-order chi connectivity index (χ0) is 27.7. The normalized spacial score (nSPS) is 17.8. The van der Waals surface area contributed by atoms with Gasteiger partial charge in [0.2, 0.25) is 0 Å². The van der Waals surface area contributed by atoms with Crippen molar-refractivity contribution in [2.45, 2.75) is 37.5 Å². The zero-order valence-corrected chi connectivity index (χ0v) is 23.3. The summed E-state index contributed by atoms with van der Waals surface area (Å²) in [5.41, 5.74) is 3.01. The smallest absolute Gasteiger partial charge is 0.251 e. The standard InChI is InChI=1S/C28H28ClN5O4S/c1-17-15-34(16-18(2)38-17)27-6-4-5-23(33-27)24-10-8-20-13-30-21(12-25(20)32-24)14-31-28(35)19-7-9-22(29)26(11-19)39(3,36)37/h4-13,17-18H,14-16H2,1-3H3,(H,31,35)/t17-,18-/m0/s1. The van der Waals surface area contributed by atoms with Crippen LogP contribution in [0.25, 0.3) is 22.3 Å². The summed E-state index contributed by atoms with van der Waals surface area (Å²) < 4.78 is 29.7. The molecule has 0 unspecified atom stereocenters. The lowest BCUT2D eigenvalue weighted by molar-refractivity contribution is -0.00545. The minimum Gasteiger partial charge on any atom is -0.372 e. The Morgan fingerprint density at radius 3 is 2.54 bits per heavy atom. The van der Waals surface area contributed by atoms with Crippen LogP contribution in [0.3, 0.4) is 0 Å². The van der Waals surface area contributed by atoms with Gasteiger partial charge in [-0.2, -0.15) is 0 Å². The molecule has 0 spiro atoms. The quantitative estimate of drug-likeness (QED) is 0.368. The summed E-state index contributed by atoms with van der Waals surface area (Å²) in [6, 6.07) is 15.7. The van der Waals surface area contributed by atoms with Crippen molar-refractivity contribution in [3.8, 4) is 11.4 Å². The van der Waals surface area contributed by atoms with Gasteiger partial charge in [-0.3, -0.25) is 9.78 Å². The minimum absolute atomic E-state index is 0.0706. The molecule has 202 valence electrons. The zero-order valence-electron chi connectivity index (χ0n) is 21.8. The van der Waals surface area contributed by atoms with Crippen molar-refractivity contribution in [1.82, 2.24) is 20.3 Å². The van der Waals surface area contributed by atoms with Crippen LogP contribution in [0.1, 0.15) is 29.9 Å². The number of halogens is 1. The van der Waals surface area contributed by atoms with Crippen LogP contribution < -0.4 is 10.2 Å². The monoisotopic (exact) mass is 565 g/mol. The highest BCUT2D eigenvalue weighted by molar-refractivity contribution is 7.90. The lowest BCUT2D eigenvalue weighted by atomic mass is 10.1. The topological polar surface area (TPSA) is 114 Å². The number of amides is 1. The first-order valence-electron chi connectivity index (χ1n) is 12.5. The lowest BCUT2D eigenvalue weighted by Gasteiger charge is -2.36. The Balaban J connectivity index is 1.34. The number of morpholine rings is 1. The van der Waals surface area contributed by atoms with E-state index in [9.17, 15) is 13.2 Å². The van der Waals surface area contributed by atoms with Gasteiger partial charge in [-0.15, -0.1) is 0 Å². The Morgan fingerprint density at radius 1 is 1.05 bits per heavy atom. The molecule has 1 aromatic carbocycles. The molecule has 1 saturated heterocycles. The van der Waals surface area contributed by atoms with Crippen LogP contribution in [0.15, 0.2) is 65.7 Å². The van der Waals surface area contributed by atoms with Crippen LogP contribution in [-0.4, -0.2) is 60.8 Å². The van der Waals surface area contributed by atoms with Crippen molar-refractivity contribution in [3.63, 3.8) is 0 Å². The van der Waals surface area contributed by atoms with Gasteiger partial charge in [0.25, 0.3) is 5.91 Å². The molecule has 1 fully saturated rings. The van der Waals surface area contributed by atoms with Gasteiger partial charge in [-0.25, -0.2) is 18.4 Å². The van der Waals surface area contributed by atoms with E-state index in [-0.39, 0.29) is 34.2 Å². The molecular formula is C28H28ClN5O4S. The van der Waals surface area contributed by atoms with Gasteiger partial charge in [0.15, 0.2) is 9.84 Å². The minimum atomic E-state index is -3.57. The number of sulfone groups is 1. The van der Waals surface area contributed by atoms with Gasteiger partial charge >= 0.3 is 0 Å². The van der Waals surface area contributed by atoms with E-state index in [0.717, 1.165) is 47.5 Å². The summed E-state index contributed by atoms with van der Waals surface area (Å²) in [5, 5.41) is 3.71. The number of nitrogens with one attached hydrogen (secondary N) is 1. The van der Waals surface area contributed by atoms with Crippen molar-refractivity contribution in [2.75, 3.05) is 24.2 Å². The highest BCUT2D eigenvalue weighted by Gasteiger charge is 2.23. The fraction of sp³-hybridized carbons (Fsp3) is 0.286. The molecule has 39 heavy (non-hydrogen) atoms. The molecule has 1 N–H and O–H groups in total. The average molecular weight is 566 g/mol. The highest BCUT2D eigenvalue weighted by atomic mass is 35.5. The van der Waals surface area contributed by atoms with E-state index in [4.69, 9.17) is 26.3 Å². The molecule has 0 bridgehead atoms. The average Bonchev–Trinajstić information content (AvgIpc) is 2.90. The van der Waals surface area contributed by atoms with Crippen LogP contribution in [0.2, 0.25) is 5.02 Å². The Bertz CT molecular complexity index is 1650. The molecule has 4 aromatic rings. The van der Waals surface area contributed by atoms with Crippen molar-refractivity contribution in [1.29, 1.82) is 0 Å². The van der Waals surface area contributed by atoms with E-state index in [1.807, 2.05) is 36.4 Å². The number of hydrogen-bond acceptors (Lipinski definition) is 8. The van der Waals surface area contributed by atoms with E-state index in [0.29, 0.717) is 5.69 Å². The number of ether oxygens (including phenoxy) is 1. The number of fused-ring (bicyclic) bond motifs is 1. The summed E-state index contributed by atoms with van der Waals surface area (Å²) in [5.74, 6) is 0.448. The molecule has 1 aliphatic heterocycles. The lowest BCUT2D eigenvalue weighted by Crippen LogP contribution is -2.45. The van der Waals surface area contributed by atoms with Crippen LogP contribution in [0, 0.1) is 0 Å². The summed E-state index contributed by atoms with van der Waals surface area (Å²) in [6.07, 6.45) is 3.01. The number of nitrogens with zero attached hydrogens (tertiary/aromatic N) is 4. The summed E-state index contributed by atoms with van der Waals surface area (Å²) in [7, 11) is -3.57. The van der Waals surface area contributed by atoms with Crippen LogP contribution in [-0.2, 0) is 21.1 Å². The molecule has 2 atom stereocenters. The van der Waals surface area contributed by atoms with Gasteiger partial charge in [0.1, 0.15) is 5.82 Å². The molecule has 9 nitrogen and oxygen atoms in total. The van der Waals surface area contributed by atoms with E-state index in [2.05, 4.69) is 29.0 Å². The molecule has 1 amide bonds. The van der Waals surface area contributed by atoms with Crippen molar-refractivity contribution in [2.24, 2.45) is 0 Å². The van der Waals surface area contributed by atoms with E-state index in [1.165, 1.54) is 18.2 Å². The third kappa shape index (κ3) is 6.19. The number of aromatic nitrogens is 3. The Morgan fingerprint density at radius 2 is 1.79 bits per heavy atom. The SMILES string of the molecule is C[C@H]1CN(c2cccc(-c3ccc4cnc(CNC(=O)c5ccc(Cl)c(S(C)(=O)=O)c5)cc4n3)n2)C[C@H](C)O1. The summed E-state index contributed by atoms with van der Waals surface area (Å²) in [4.78, 5) is 29.0. The second-order valence-corrected chi connectivity index (χ2v) is 12.1. The number of carbonyl (C=O) groups excluding carboxylic acids is 1. The first kappa shape index (κ1) is 27.0. The van der Waals surface area contributed by atoms with Crippen LogP contribution in [0.5, 0.6) is 0 Å². The predicted molar refractivity (Wildman–Crippen MR) is 151 cm³/mol. The number of hydrogen-bond donors (Lipinski definition) is 1. The Labute approximate surface area is 232 Å². The van der Waals surface area contributed by atoms with Gasteiger partial charge in [-0.05, 0) is 62.4 Å². The third-order valence-corrected chi connectivity index (χ3v) is 7.97. The first-order valence-corrected chi connectivity index (χ1v) is 14.7. The van der Waals surface area contributed by atoms with E-state index in [1.54, 1.807) is 6.20 Å². The molecule has 5 rings (SSSR count). The molecular weight excluding hydrogens is 538 g/mol. The molecule has 0 aliphatic carbocycles. The second-order valence-electron chi connectivity index (χ2n) is 9.71. The molecule has 11 heteroatoms. The van der Waals surface area contributed by atoms with Gasteiger partial charge in [-0.1, -0.05) is 17.7 Å². The van der Waals surface area contributed by atoms with Crippen molar-refractivity contribution in [3.05, 3.63) is 77.1 Å². The van der Waals surface area contributed by atoms with E-state index < -0.39 is 15.7 Å². The van der Waals surface area contributed by atoms with Gasteiger partial charge in [0, 0.05) is 36.5 Å². The maximum Gasteiger partial charge on any atom is 0.251 e. The first-order chi connectivity index (χ1) is 18.6.